The Balaban J connectivity index is 1.70. The lowest BCUT2D eigenvalue weighted by Crippen LogP contribution is -2.58. The predicted octanol–water partition coefficient (Wildman–Crippen LogP) is 2.48. The van der Waals surface area contributed by atoms with Crippen molar-refractivity contribution in [1.82, 2.24) is 9.88 Å². The van der Waals surface area contributed by atoms with Crippen LogP contribution in [0.15, 0.2) is 45.8 Å². The lowest BCUT2D eigenvalue weighted by Gasteiger charge is -2.42. The van der Waals surface area contributed by atoms with Gasteiger partial charge >= 0.3 is 0 Å². The maximum atomic E-state index is 12.8. The summed E-state index contributed by atoms with van der Waals surface area (Å²) < 4.78 is 13.4. The second kappa shape index (κ2) is 6.89. The van der Waals surface area contributed by atoms with E-state index in [1.54, 1.807) is 6.20 Å². The largest absolute Gasteiger partial charge is 0.483 e. The number of pyridine rings is 1. The van der Waals surface area contributed by atoms with Gasteiger partial charge in [-0.05, 0) is 34.3 Å². The van der Waals surface area contributed by atoms with Gasteiger partial charge < -0.3 is 19.4 Å². The van der Waals surface area contributed by atoms with Gasteiger partial charge in [-0.2, -0.15) is 0 Å². The third-order valence-electron chi connectivity index (χ3n) is 4.94. The average molecular weight is 419 g/mol. The Labute approximate surface area is 159 Å². The van der Waals surface area contributed by atoms with Crippen molar-refractivity contribution in [2.24, 2.45) is 0 Å². The Kier molecular flexibility index (Phi) is 4.58. The highest BCUT2D eigenvalue weighted by Gasteiger charge is 2.41. The van der Waals surface area contributed by atoms with Crippen LogP contribution in [0.1, 0.15) is 28.9 Å². The van der Waals surface area contributed by atoms with Gasteiger partial charge in [-0.1, -0.05) is 30.3 Å². The van der Waals surface area contributed by atoms with Crippen LogP contribution in [-0.4, -0.2) is 29.2 Å². The van der Waals surface area contributed by atoms with Crippen LogP contribution in [0.3, 0.4) is 0 Å². The van der Waals surface area contributed by atoms with Gasteiger partial charge in [0.25, 0.3) is 5.91 Å². The molecule has 26 heavy (non-hydrogen) atoms. The lowest BCUT2D eigenvalue weighted by atomic mass is 9.87. The molecule has 0 bridgehead atoms. The van der Waals surface area contributed by atoms with Crippen molar-refractivity contribution < 1.29 is 14.3 Å². The van der Waals surface area contributed by atoms with Gasteiger partial charge in [0.15, 0.2) is 11.4 Å². The van der Waals surface area contributed by atoms with Gasteiger partial charge in [0.2, 0.25) is 5.43 Å². The van der Waals surface area contributed by atoms with Crippen molar-refractivity contribution in [3.05, 3.63) is 62.5 Å². The molecule has 136 valence electrons. The first kappa shape index (κ1) is 17.3. The SMILES string of the molecule is O=C1NC2(CCOCC2)Cn2cc(Br)c(=O)c(OCc3ccccc3)c21. The molecular formula is C19H19BrN2O4. The number of benzene rings is 1. The Morgan fingerprint density at radius 2 is 1.92 bits per heavy atom. The van der Waals surface area contributed by atoms with Gasteiger partial charge in [0, 0.05) is 26.0 Å². The topological polar surface area (TPSA) is 69.6 Å². The lowest BCUT2D eigenvalue weighted by molar-refractivity contribution is 0.0238. The molecule has 1 fully saturated rings. The minimum atomic E-state index is -0.326. The summed E-state index contributed by atoms with van der Waals surface area (Å²) in [7, 11) is 0. The number of fused-ring (bicyclic) bond motifs is 1. The van der Waals surface area contributed by atoms with E-state index in [1.165, 1.54) is 0 Å². The van der Waals surface area contributed by atoms with Gasteiger partial charge in [-0.3, -0.25) is 9.59 Å². The smallest absolute Gasteiger partial charge is 0.272 e. The molecule has 3 heterocycles. The molecule has 0 atom stereocenters. The number of hydrogen-bond donors (Lipinski definition) is 1. The summed E-state index contributed by atoms with van der Waals surface area (Å²) >= 11 is 3.31. The zero-order chi connectivity index (χ0) is 18.1. The highest BCUT2D eigenvalue weighted by molar-refractivity contribution is 9.10. The van der Waals surface area contributed by atoms with Crippen molar-refractivity contribution >= 4 is 21.8 Å². The number of rotatable bonds is 3. The van der Waals surface area contributed by atoms with Crippen molar-refractivity contribution in [3.8, 4) is 5.75 Å². The van der Waals surface area contributed by atoms with Crippen molar-refractivity contribution in [2.75, 3.05) is 13.2 Å². The van der Waals surface area contributed by atoms with Crippen LogP contribution >= 0.6 is 15.9 Å². The quantitative estimate of drug-likeness (QED) is 0.830. The summed E-state index contributed by atoms with van der Waals surface area (Å²) in [5.74, 6) is -0.187. The van der Waals surface area contributed by atoms with Crippen LogP contribution in [0.5, 0.6) is 5.75 Å². The molecule has 0 radical (unpaired) electrons. The fourth-order valence-corrected chi connectivity index (χ4v) is 3.97. The molecule has 7 heteroatoms. The summed E-state index contributed by atoms with van der Waals surface area (Å²) in [6, 6.07) is 9.56. The fourth-order valence-electron chi connectivity index (χ4n) is 3.54. The van der Waals surface area contributed by atoms with Gasteiger partial charge in [-0.15, -0.1) is 0 Å². The van der Waals surface area contributed by atoms with Crippen LogP contribution in [0.2, 0.25) is 0 Å². The standard InChI is InChI=1S/C19H19BrN2O4/c20-14-10-22-12-19(6-8-25-9-7-19)21-18(24)15(22)17(16(14)23)26-11-13-4-2-1-3-5-13/h1-5,10H,6-9,11-12H2,(H,21,24). The zero-order valence-corrected chi connectivity index (χ0v) is 15.8. The number of aromatic nitrogens is 1. The van der Waals surface area contributed by atoms with Crippen molar-refractivity contribution in [1.29, 1.82) is 0 Å². The maximum Gasteiger partial charge on any atom is 0.272 e. The molecule has 2 aromatic rings. The molecule has 0 aliphatic carbocycles. The summed E-state index contributed by atoms with van der Waals surface area (Å²) in [6.07, 6.45) is 3.19. The predicted molar refractivity (Wildman–Crippen MR) is 99.4 cm³/mol. The van der Waals surface area contributed by atoms with Crippen molar-refractivity contribution in [3.63, 3.8) is 0 Å². The molecule has 6 nitrogen and oxygen atoms in total. The number of nitrogens with zero attached hydrogens (tertiary/aromatic N) is 1. The van der Waals surface area contributed by atoms with E-state index < -0.39 is 0 Å². The number of ether oxygens (including phenoxy) is 2. The number of carbonyl (C=O) groups is 1. The fraction of sp³-hybridized carbons (Fsp3) is 0.368. The maximum absolute atomic E-state index is 12.8. The molecule has 4 rings (SSSR count). The van der Waals surface area contributed by atoms with Crippen LogP contribution in [-0.2, 0) is 17.9 Å². The molecule has 1 aromatic heterocycles. The van der Waals surface area contributed by atoms with Gasteiger partial charge in [-0.25, -0.2) is 0 Å². The first-order chi connectivity index (χ1) is 12.6. The number of hydrogen-bond acceptors (Lipinski definition) is 4. The monoisotopic (exact) mass is 418 g/mol. The summed E-state index contributed by atoms with van der Waals surface area (Å²) in [6.45, 7) is 2.06. The molecule has 1 N–H and O–H groups in total. The number of nitrogens with one attached hydrogen (secondary N) is 1. The van der Waals surface area contributed by atoms with E-state index in [1.807, 2.05) is 34.9 Å². The van der Waals surface area contributed by atoms with E-state index in [-0.39, 0.29) is 34.9 Å². The second-order valence-corrected chi connectivity index (χ2v) is 7.59. The molecule has 0 saturated carbocycles. The molecular weight excluding hydrogens is 400 g/mol. The van der Waals surface area contributed by atoms with Crippen LogP contribution in [0.25, 0.3) is 0 Å². The number of amides is 1. The first-order valence-electron chi connectivity index (χ1n) is 8.58. The molecule has 2 aliphatic rings. The van der Waals surface area contributed by atoms with Crippen LogP contribution in [0.4, 0.5) is 0 Å². The van der Waals surface area contributed by atoms with Crippen molar-refractivity contribution in [2.45, 2.75) is 31.5 Å². The molecule has 0 unspecified atom stereocenters. The van der Waals surface area contributed by atoms with E-state index in [0.29, 0.717) is 24.2 Å². The Morgan fingerprint density at radius 1 is 1.19 bits per heavy atom. The Bertz CT molecular complexity index is 888. The Morgan fingerprint density at radius 3 is 2.65 bits per heavy atom. The van der Waals surface area contributed by atoms with E-state index in [4.69, 9.17) is 9.47 Å². The molecule has 1 aromatic carbocycles. The molecule has 1 amide bonds. The highest BCUT2D eigenvalue weighted by atomic mass is 79.9. The third-order valence-corrected chi connectivity index (χ3v) is 5.50. The minimum absolute atomic E-state index is 0.0858. The summed E-state index contributed by atoms with van der Waals surface area (Å²) in [4.78, 5) is 25.4. The summed E-state index contributed by atoms with van der Waals surface area (Å²) in [5, 5.41) is 3.10. The first-order valence-corrected chi connectivity index (χ1v) is 9.37. The number of halogens is 1. The van der Waals surface area contributed by atoms with E-state index in [9.17, 15) is 9.59 Å². The summed E-state index contributed by atoms with van der Waals surface area (Å²) in [5.41, 5.74) is 0.576. The highest BCUT2D eigenvalue weighted by Crippen LogP contribution is 2.31. The van der Waals surface area contributed by atoms with E-state index in [2.05, 4.69) is 21.2 Å². The minimum Gasteiger partial charge on any atom is -0.483 e. The van der Waals surface area contributed by atoms with Crippen LogP contribution < -0.4 is 15.5 Å². The molecule has 2 aliphatic heterocycles. The van der Waals surface area contributed by atoms with E-state index >= 15 is 0 Å². The zero-order valence-electron chi connectivity index (χ0n) is 14.2. The third kappa shape index (κ3) is 3.17. The molecule has 1 saturated heterocycles. The van der Waals surface area contributed by atoms with Crippen LogP contribution in [0, 0.1) is 0 Å². The normalized spacial score (nSPS) is 18.3. The second-order valence-electron chi connectivity index (χ2n) is 6.73. The van der Waals surface area contributed by atoms with Gasteiger partial charge in [0.05, 0.1) is 10.0 Å². The average Bonchev–Trinajstić information content (AvgIpc) is 2.64. The molecule has 1 spiro atoms. The number of carbonyl (C=O) groups excluding carboxylic acids is 1. The Hall–Kier alpha value is -2.12. The van der Waals surface area contributed by atoms with E-state index in [0.717, 1.165) is 18.4 Å². The van der Waals surface area contributed by atoms with Gasteiger partial charge in [0.1, 0.15) is 6.61 Å².